The number of rotatable bonds is 3. The minimum absolute atomic E-state index is 0.172. The van der Waals surface area contributed by atoms with Crippen molar-refractivity contribution in [2.45, 2.75) is 6.92 Å². The molecular formula is C20H19FN4O3. The summed E-state index contributed by atoms with van der Waals surface area (Å²) in [6, 6.07) is 9.37. The summed E-state index contributed by atoms with van der Waals surface area (Å²) in [6.45, 7) is 3.92. The van der Waals surface area contributed by atoms with E-state index in [2.05, 4.69) is 15.3 Å². The predicted molar refractivity (Wildman–Crippen MR) is 104 cm³/mol. The van der Waals surface area contributed by atoms with Crippen LogP contribution >= 0.6 is 0 Å². The topological polar surface area (TPSA) is 87.3 Å². The van der Waals surface area contributed by atoms with E-state index in [1.807, 2.05) is 11.8 Å². The molecule has 1 amide bonds. The Hall–Kier alpha value is -3.26. The number of morpholine rings is 1. The van der Waals surface area contributed by atoms with Gasteiger partial charge < -0.3 is 19.9 Å². The summed E-state index contributed by atoms with van der Waals surface area (Å²) in [6.07, 6.45) is 0. The average molecular weight is 382 g/mol. The first-order valence-electron chi connectivity index (χ1n) is 8.95. The highest BCUT2D eigenvalue weighted by Crippen LogP contribution is 2.23. The molecule has 0 radical (unpaired) electrons. The maximum Gasteiger partial charge on any atom is 0.259 e. The number of hydrogen-bond donors (Lipinski definition) is 2. The lowest BCUT2D eigenvalue weighted by molar-refractivity contribution is 0.102. The van der Waals surface area contributed by atoms with E-state index >= 15 is 0 Å². The molecule has 7 nitrogen and oxygen atoms in total. The molecule has 0 unspecified atom stereocenters. The molecule has 2 N–H and O–H groups in total. The normalized spacial score (nSPS) is 14.3. The van der Waals surface area contributed by atoms with Crippen molar-refractivity contribution >= 4 is 28.3 Å². The van der Waals surface area contributed by atoms with Crippen LogP contribution in [0.15, 0.2) is 41.2 Å². The van der Waals surface area contributed by atoms with Gasteiger partial charge in [-0.2, -0.15) is 4.39 Å². The Balaban J connectivity index is 1.65. The molecule has 1 aliphatic rings. The first-order chi connectivity index (χ1) is 13.5. The number of carbonyl (C=O) groups excluding carboxylic acids is 1. The van der Waals surface area contributed by atoms with Crippen LogP contribution in [0.3, 0.4) is 0 Å². The lowest BCUT2D eigenvalue weighted by Crippen LogP contribution is -2.38. The van der Waals surface area contributed by atoms with E-state index in [-0.39, 0.29) is 11.5 Å². The fraction of sp³-hybridized carbons (Fsp3) is 0.250. The SMILES string of the molecule is Cc1cc(=O)[nH]c2ccc(NC(=O)c3ccc(F)nc3N3CCOCC3)cc12. The van der Waals surface area contributed by atoms with Crippen LogP contribution in [-0.2, 0) is 4.74 Å². The van der Waals surface area contributed by atoms with E-state index in [4.69, 9.17) is 4.74 Å². The zero-order chi connectivity index (χ0) is 19.7. The molecule has 0 atom stereocenters. The molecule has 2 aromatic heterocycles. The Labute approximate surface area is 160 Å². The molecule has 3 heterocycles. The molecule has 28 heavy (non-hydrogen) atoms. The number of amides is 1. The van der Waals surface area contributed by atoms with Crippen molar-refractivity contribution in [3.63, 3.8) is 0 Å². The lowest BCUT2D eigenvalue weighted by Gasteiger charge is -2.29. The third-order valence-electron chi connectivity index (χ3n) is 4.70. The number of aryl methyl sites for hydroxylation is 1. The van der Waals surface area contributed by atoms with Gasteiger partial charge in [-0.15, -0.1) is 0 Å². The number of H-pyrrole nitrogens is 1. The maximum absolute atomic E-state index is 13.7. The van der Waals surface area contributed by atoms with Crippen LogP contribution in [0.5, 0.6) is 0 Å². The maximum atomic E-state index is 13.7. The number of halogens is 1. The number of nitrogens with one attached hydrogen (secondary N) is 2. The summed E-state index contributed by atoms with van der Waals surface area (Å²) in [5.41, 5.74) is 2.20. The Morgan fingerprint density at radius 3 is 2.79 bits per heavy atom. The number of anilines is 2. The second kappa shape index (κ2) is 7.40. The van der Waals surface area contributed by atoms with Crippen molar-refractivity contribution in [3.8, 4) is 0 Å². The Bertz CT molecular complexity index is 1110. The molecule has 1 aromatic carbocycles. The highest BCUT2D eigenvalue weighted by atomic mass is 19.1. The summed E-state index contributed by atoms with van der Waals surface area (Å²) < 4.78 is 19.0. The van der Waals surface area contributed by atoms with Crippen LogP contribution in [0.4, 0.5) is 15.9 Å². The van der Waals surface area contributed by atoms with Crippen molar-refractivity contribution < 1.29 is 13.9 Å². The van der Waals surface area contributed by atoms with Crippen LogP contribution in [0, 0.1) is 12.9 Å². The molecule has 0 bridgehead atoms. The summed E-state index contributed by atoms with van der Waals surface area (Å²) in [7, 11) is 0. The van der Waals surface area contributed by atoms with Gasteiger partial charge >= 0.3 is 0 Å². The zero-order valence-corrected chi connectivity index (χ0v) is 15.3. The van der Waals surface area contributed by atoms with Crippen molar-refractivity contribution in [2.24, 2.45) is 0 Å². The number of ether oxygens (including phenoxy) is 1. The van der Waals surface area contributed by atoms with Gasteiger partial charge in [0, 0.05) is 35.7 Å². The van der Waals surface area contributed by atoms with Gasteiger partial charge in [-0.05, 0) is 42.8 Å². The standard InChI is InChI=1S/C20H19FN4O3/c1-12-10-18(26)23-16-4-2-13(11-15(12)16)22-20(27)14-3-5-17(21)24-19(14)25-6-8-28-9-7-25/h2-5,10-11H,6-9H2,1H3,(H,22,27)(H,23,26). The third-order valence-corrected chi connectivity index (χ3v) is 4.70. The predicted octanol–water partition coefficient (Wildman–Crippen LogP) is 2.46. The van der Waals surface area contributed by atoms with Crippen molar-refractivity contribution in [1.82, 2.24) is 9.97 Å². The monoisotopic (exact) mass is 382 g/mol. The largest absolute Gasteiger partial charge is 0.378 e. The molecule has 1 fully saturated rings. The van der Waals surface area contributed by atoms with Crippen LogP contribution in [0.25, 0.3) is 10.9 Å². The van der Waals surface area contributed by atoms with E-state index in [9.17, 15) is 14.0 Å². The van der Waals surface area contributed by atoms with Crippen LogP contribution in [-0.4, -0.2) is 42.2 Å². The summed E-state index contributed by atoms with van der Waals surface area (Å²) in [5, 5.41) is 3.68. The van der Waals surface area contributed by atoms with E-state index in [1.54, 1.807) is 18.2 Å². The van der Waals surface area contributed by atoms with Crippen molar-refractivity contribution in [1.29, 1.82) is 0 Å². The van der Waals surface area contributed by atoms with Gasteiger partial charge in [0.25, 0.3) is 5.91 Å². The summed E-state index contributed by atoms with van der Waals surface area (Å²) in [4.78, 5) is 33.0. The average Bonchev–Trinajstić information content (AvgIpc) is 2.69. The number of aromatic nitrogens is 2. The minimum atomic E-state index is -0.636. The Morgan fingerprint density at radius 1 is 1.21 bits per heavy atom. The number of aromatic amines is 1. The third kappa shape index (κ3) is 3.59. The Kier molecular flexibility index (Phi) is 4.79. The summed E-state index contributed by atoms with van der Waals surface area (Å²) >= 11 is 0. The number of carbonyl (C=O) groups is 1. The molecule has 4 rings (SSSR count). The molecular weight excluding hydrogens is 363 g/mol. The van der Waals surface area contributed by atoms with Crippen molar-refractivity contribution in [2.75, 3.05) is 36.5 Å². The molecule has 0 aliphatic carbocycles. The van der Waals surface area contributed by atoms with Gasteiger partial charge in [0.2, 0.25) is 11.5 Å². The highest BCUT2D eigenvalue weighted by molar-refractivity contribution is 6.08. The molecule has 8 heteroatoms. The quantitative estimate of drug-likeness (QED) is 0.680. The second-order valence-corrected chi connectivity index (χ2v) is 6.64. The van der Waals surface area contributed by atoms with E-state index in [1.165, 1.54) is 18.2 Å². The van der Waals surface area contributed by atoms with Gasteiger partial charge in [0.1, 0.15) is 5.82 Å². The van der Waals surface area contributed by atoms with Gasteiger partial charge in [0.05, 0.1) is 18.8 Å². The number of benzene rings is 1. The van der Waals surface area contributed by atoms with Gasteiger partial charge in [-0.1, -0.05) is 0 Å². The van der Waals surface area contributed by atoms with Crippen molar-refractivity contribution in [3.05, 3.63) is 63.8 Å². The van der Waals surface area contributed by atoms with Gasteiger partial charge in [0.15, 0.2) is 0 Å². The molecule has 1 aliphatic heterocycles. The first kappa shape index (κ1) is 18.1. The number of hydrogen-bond acceptors (Lipinski definition) is 5. The van der Waals surface area contributed by atoms with E-state index in [0.717, 1.165) is 10.9 Å². The fourth-order valence-corrected chi connectivity index (χ4v) is 3.32. The van der Waals surface area contributed by atoms with E-state index < -0.39 is 5.95 Å². The number of pyridine rings is 2. The minimum Gasteiger partial charge on any atom is -0.378 e. The summed E-state index contributed by atoms with van der Waals surface area (Å²) in [5.74, 6) is -0.708. The second-order valence-electron chi connectivity index (χ2n) is 6.64. The Morgan fingerprint density at radius 2 is 2.00 bits per heavy atom. The molecule has 3 aromatic rings. The number of fused-ring (bicyclic) bond motifs is 1. The van der Waals surface area contributed by atoms with Gasteiger partial charge in [-0.3, -0.25) is 9.59 Å². The fourth-order valence-electron chi connectivity index (χ4n) is 3.32. The van der Waals surface area contributed by atoms with Gasteiger partial charge in [-0.25, -0.2) is 4.98 Å². The zero-order valence-electron chi connectivity index (χ0n) is 15.3. The van der Waals surface area contributed by atoms with E-state index in [0.29, 0.717) is 48.9 Å². The molecule has 144 valence electrons. The smallest absolute Gasteiger partial charge is 0.259 e. The van der Waals surface area contributed by atoms with Crippen LogP contribution < -0.4 is 15.8 Å². The van der Waals surface area contributed by atoms with Crippen LogP contribution in [0.2, 0.25) is 0 Å². The number of nitrogens with zero attached hydrogens (tertiary/aromatic N) is 2. The lowest BCUT2D eigenvalue weighted by atomic mass is 10.1. The molecule has 0 saturated carbocycles. The first-order valence-corrected chi connectivity index (χ1v) is 8.95. The highest BCUT2D eigenvalue weighted by Gasteiger charge is 2.21. The van der Waals surface area contributed by atoms with Crippen LogP contribution in [0.1, 0.15) is 15.9 Å². The molecule has 1 saturated heterocycles. The molecule has 0 spiro atoms.